The molecule has 0 fully saturated rings. The molecular formula is C9H17Mo. The Morgan fingerprint density at radius 3 is 2.50 bits per heavy atom. The molecule has 0 amide bonds. The van der Waals surface area contributed by atoms with Crippen LogP contribution in [0.3, 0.4) is 0 Å². The summed E-state index contributed by atoms with van der Waals surface area (Å²) in [5, 5.41) is 0. The Hall–Kier alpha value is 0.168. The first-order valence-electron chi connectivity index (χ1n) is 4.09. The first-order valence-corrected chi connectivity index (χ1v) is 8.79. The molecule has 0 bridgehead atoms. The van der Waals surface area contributed by atoms with Crippen LogP contribution in [0.25, 0.3) is 0 Å². The Morgan fingerprint density at radius 1 is 1.40 bits per heavy atom. The van der Waals surface area contributed by atoms with Crippen molar-refractivity contribution in [3.05, 3.63) is 22.2 Å². The molecule has 0 saturated carbocycles. The molecule has 1 rings (SSSR count). The Labute approximate surface area is 69.6 Å². The van der Waals surface area contributed by atoms with Crippen LogP contribution < -0.4 is 0 Å². The van der Waals surface area contributed by atoms with E-state index in [1.807, 2.05) is 3.96 Å². The maximum absolute atomic E-state index is 2.36. The van der Waals surface area contributed by atoms with Gasteiger partial charge in [-0.05, 0) is 0 Å². The molecule has 1 aliphatic carbocycles. The fraction of sp³-hybridized carbons (Fsp3) is 0.556. The van der Waals surface area contributed by atoms with Gasteiger partial charge in [-0.3, -0.25) is 0 Å². The van der Waals surface area contributed by atoms with E-state index < -0.39 is 17.3 Å². The van der Waals surface area contributed by atoms with Crippen molar-refractivity contribution in [2.75, 3.05) is 0 Å². The molecule has 0 saturated heterocycles. The average molecular weight is 221 g/mol. The normalized spacial score (nSPS) is 17.4. The number of rotatable bonds is 3. The number of allylic oxidation sites excluding steroid dienone is 4. The van der Waals surface area contributed by atoms with Crippen molar-refractivity contribution in [1.29, 1.82) is 0 Å². The monoisotopic (exact) mass is 223 g/mol. The molecular weight excluding hydrogens is 204 g/mol. The zero-order valence-corrected chi connectivity index (χ0v) is 9.31. The molecule has 1 heteroatoms. The molecule has 0 nitrogen and oxygen atoms in total. The van der Waals surface area contributed by atoms with Gasteiger partial charge >= 0.3 is 69.4 Å². The van der Waals surface area contributed by atoms with Crippen molar-refractivity contribution in [3.63, 3.8) is 0 Å². The first kappa shape index (κ1) is 8.27. The second kappa shape index (κ2) is 4.13. The van der Waals surface area contributed by atoms with Gasteiger partial charge in [-0.2, -0.15) is 0 Å². The summed E-state index contributed by atoms with van der Waals surface area (Å²) < 4.78 is 1.83. The molecule has 0 aromatic carbocycles. The molecule has 0 atom stereocenters. The van der Waals surface area contributed by atoms with Crippen LogP contribution >= 0.6 is 0 Å². The van der Waals surface area contributed by atoms with Gasteiger partial charge in [0.25, 0.3) is 0 Å². The van der Waals surface area contributed by atoms with Crippen LogP contribution in [0.5, 0.6) is 0 Å². The van der Waals surface area contributed by atoms with Crippen LogP contribution in [0, 0.1) is 0 Å². The second-order valence-corrected chi connectivity index (χ2v) is 10.7. The van der Waals surface area contributed by atoms with Crippen molar-refractivity contribution in [2.24, 2.45) is 0 Å². The molecule has 0 radical (unpaired) electrons. The van der Waals surface area contributed by atoms with Crippen LogP contribution in [0.1, 0.15) is 20.3 Å². The Bertz CT molecular complexity index is 152. The van der Waals surface area contributed by atoms with E-state index >= 15 is 0 Å². The van der Waals surface area contributed by atoms with Crippen molar-refractivity contribution in [2.45, 2.75) is 29.9 Å². The van der Waals surface area contributed by atoms with E-state index in [0.29, 0.717) is 0 Å². The summed E-state index contributed by atoms with van der Waals surface area (Å²) in [6.07, 6.45) is 8.17. The van der Waals surface area contributed by atoms with E-state index in [4.69, 9.17) is 0 Å². The molecule has 0 aromatic heterocycles. The zero-order chi connectivity index (χ0) is 7.40. The molecule has 0 N–H and O–H groups in total. The van der Waals surface area contributed by atoms with Gasteiger partial charge in [0.15, 0.2) is 0 Å². The predicted molar refractivity (Wildman–Crippen MR) is 45.6 cm³/mol. The molecule has 0 unspecified atom stereocenters. The summed E-state index contributed by atoms with van der Waals surface area (Å²) in [7, 11) is 0. The summed E-state index contributed by atoms with van der Waals surface area (Å²) in [6.45, 7) is 4.72. The quantitative estimate of drug-likeness (QED) is 0.643. The fourth-order valence-electron chi connectivity index (χ4n) is 1.41. The standard InChI is InChI=1S/C5H5.2C2H5.Mo.2H/c1-2-4-5-3-1;2*1-2;;;/h1-3H,4H2;2*1H2,2H3;;;. The van der Waals surface area contributed by atoms with Gasteiger partial charge in [0.2, 0.25) is 0 Å². The van der Waals surface area contributed by atoms with Crippen molar-refractivity contribution >= 4 is 0 Å². The van der Waals surface area contributed by atoms with E-state index in [9.17, 15) is 0 Å². The molecule has 10 heavy (non-hydrogen) atoms. The summed E-state index contributed by atoms with van der Waals surface area (Å²) in [6, 6.07) is 0. The second-order valence-electron chi connectivity index (χ2n) is 2.63. The van der Waals surface area contributed by atoms with Gasteiger partial charge < -0.3 is 0 Å². The van der Waals surface area contributed by atoms with Crippen LogP contribution in [-0.2, 0) is 17.3 Å². The zero-order valence-electron chi connectivity index (χ0n) is 6.85. The number of hydrogen-bond donors (Lipinski definition) is 0. The van der Waals surface area contributed by atoms with Crippen molar-refractivity contribution in [3.8, 4) is 0 Å². The SMILES string of the molecule is C[CH2][MoH2]([CH2]C)[C]1=CC=CC1. The molecule has 0 aromatic rings. The third kappa shape index (κ3) is 1.82. The predicted octanol–water partition coefficient (Wildman–Crippen LogP) is 2.79. The molecule has 0 heterocycles. The minimum absolute atomic E-state index is 0.982. The number of hydrogen-bond acceptors (Lipinski definition) is 0. The van der Waals surface area contributed by atoms with E-state index in [1.54, 1.807) is 0 Å². The maximum atomic E-state index is 2.36. The Morgan fingerprint density at radius 2 is 2.10 bits per heavy atom. The van der Waals surface area contributed by atoms with E-state index in [1.165, 1.54) is 16.0 Å². The van der Waals surface area contributed by atoms with Gasteiger partial charge in [-0.15, -0.1) is 0 Å². The molecule has 0 aliphatic heterocycles. The van der Waals surface area contributed by atoms with Gasteiger partial charge in [0.05, 0.1) is 0 Å². The van der Waals surface area contributed by atoms with Gasteiger partial charge in [0, 0.05) is 0 Å². The third-order valence-corrected chi connectivity index (χ3v) is 9.42. The van der Waals surface area contributed by atoms with E-state index in [-0.39, 0.29) is 0 Å². The van der Waals surface area contributed by atoms with Gasteiger partial charge in [-0.1, -0.05) is 0 Å². The first-order chi connectivity index (χ1) is 4.88. The van der Waals surface area contributed by atoms with Crippen LogP contribution in [0.15, 0.2) is 22.2 Å². The molecule has 1 aliphatic rings. The topological polar surface area (TPSA) is 0 Å². The Kier molecular flexibility index (Phi) is 3.42. The van der Waals surface area contributed by atoms with Gasteiger partial charge in [-0.25, -0.2) is 0 Å². The summed E-state index contributed by atoms with van der Waals surface area (Å²) >= 11 is -0.982. The summed E-state index contributed by atoms with van der Waals surface area (Å²) in [5.74, 6) is 0. The third-order valence-electron chi connectivity index (χ3n) is 2.08. The fourth-order valence-corrected chi connectivity index (χ4v) is 6.69. The Balaban J connectivity index is 2.47. The summed E-state index contributed by atoms with van der Waals surface area (Å²) in [4.78, 5) is 2.98. The van der Waals surface area contributed by atoms with E-state index in [2.05, 4.69) is 32.1 Å². The average Bonchev–Trinajstić information content (AvgIpc) is 2.43. The molecule has 59 valence electrons. The van der Waals surface area contributed by atoms with Crippen molar-refractivity contribution < 1.29 is 17.3 Å². The van der Waals surface area contributed by atoms with Crippen LogP contribution in [0.4, 0.5) is 0 Å². The molecule has 0 spiro atoms. The van der Waals surface area contributed by atoms with E-state index in [0.717, 1.165) is 0 Å². The minimum atomic E-state index is -0.982. The van der Waals surface area contributed by atoms with Crippen molar-refractivity contribution in [1.82, 2.24) is 0 Å². The van der Waals surface area contributed by atoms with Crippen LogP contribution in [0.2, 0.25) is 9.62 Å². The summed E-state index contributed by atoms with van der Waals surface area (Å²) in [5.41, 5.74) is 0. The van der Waals surface area contributed by atoms with Gasteiger partial charge in [0.1, 0.15) is 0 Å². The van der Waals surface area contributed by atoms with Crippen LogP contribution in [-0.4, -0.2) is 0 Å².